The van der Waals surface area contributed by atoms with Gasteiger partial charge >= 0.3 is 36.1 Å². The number of carbonyl (C=O) groups excluding carboxylic acids is 3. The predicted molar refractivity (Wildman–Crippen MR) is 208 cm³/mol. The zero-order valence-corrected chi connectivity index (χ0v) is 33.8. The minimum atomic E-state index is -5.08. The van der Waals surface area contributed by atoms with Crippen molar-refractivity contribution in [3.8, 4) is 0 Å². The summed E-state index contributed by atoms with van der Waals surface area (Å²) in [6.45, 7) is 12.4. The Balaban J connectivity index is 0.000000226. The van der Waals surface area contributed by atoms with Gasteiger partial charge in [-0.25, -0.2) is 24.0 Å². The van der Waals surface area contributed by atoms with Crippen LogP contribution >= 0.6 is 23.2 Å². The van der Waals surface area contributed by atoms with E-state index in [-0.39, 0.29) is 23.2 Å². The number of rotatable bonds is 6. The molecule has 4 heterocycles. The van der Waals surface area contributed by atoms with Crippen molar-refractivity contribution in [2.24, 2.45) is 0 Å². The second kappa shape index (κ2) is 20.5. The van der Waals surface area contributed by atoms with Crippen molar-refractivity contribution < 1.29 is 52.1 Å². The lowest BCUT2D eigenvalue weighted by Crippen LogP contribution is -2.49. The molecular weight excluding hydrogens is 824 g/mol. The third kappa shape index (κ3) is 14.7. The number of nitrogens with zero attached hydrogens (tertiary/aromatic N) is 8. The largest absolute Gasteiger partial charge is 0.490 e. The Morgan fingerprint density at radius 2 is 1.00 bits per heavy atom. The van der Waals surface area contributed by atoms with Gasteiger partial charge in [0.05, 0.1) is 35.9 Å². The fourth-order valence-corrected chi connectivity index (χ4v) is 5.84. The van der Waals surface area contributed by atoms with Gasteiger partial charge in [-0.15, -0.1) is 0 Å². The van der Waals surface area contributed by atoms with Crippen LogP contribution in [0.15, 0.2) is 73.3 Å². The van der Waals surface area contributed by atoms with Crippen LogP contribution in [0.4, 0.5) is 22.8 Å². The van der Waals surface area contributed by atoms with Gasteiger partial charge in [0.2, 0.25) is 0 Å². The molecule has 6 rings (SSSR count). The van der Waals surface area contributed by atoms with Gasteiger partial charge in [-0.05, 0) is 56.2 Å². The van der Waals surface area contributed by atoms with Crippen LogP contribution in [0.5, 0.6) is 0 Å². The van der Waals surface area contributed by atoms with Gasteiger partial charge in [-0.1, -0.05) is 47.5 Å². The lowest BCUT2D eigenvalue weighted by atomic mass is 10.2. The Morgan fingerprint density at radius 3 is 1.32 bits per heavy atom. The Bertz CT molecular complexity index is 2060. The first kappa shape index (κ1) is 46.2. The van der Waals surface area contributed by atoms with Gasteiger partial charge < -0.3 is 24.7 Å². The number of ether oxygens (including phenoxy) is 1. The van der Waals surface area contributed by atoms with Crippen LogP contribution in [-0.4, -0.2) is 143 Å². The number of aromatic nitrogens is 4. The molecule has 0 atom stereocenters. The monoisotopic (exact) mass is 866 g/mol. The number of alkyl halides is 3. The van der Waals surface area contributed by atoms with Crippen LogP contribution in [-0.2, 0) is 22.6 Å². The van der Waals surface area contributed by atoms with Crippen molar-refractivity contribution in [2.45, 2.75) is 45.6 Å². The Morgan fingerprint density at radius 1 is 0.644 bits per heavy atom. The van der Waals surface area contributed by atoms with E-state index in [1.54, 1.807) is 30.6 Å². The molecule has 2 N–H and O–H groups in total. The summed E-state index contributed by atoms with van der Waals surface area (Å²) in [5, 5.41) is 25.3. The van der Waals surface area contributed by atoms with E-state index in [0.717, 1.165) is 49.0 Å². The molecule has 0 aliphatic carbocycles. The maximum absolute atomic E-state index is 12.7. The van der Waals surface area contributed by atoms with Crippen molar-refractivity contribution in [1.29, 1.82) is 0 Å². The molecule has 2 saturated heterocycles. The average Bonchev–Trinajstić information content (AvgIpc) is 3.88. The molecule has 16 nitrogen and oxygen atoms in total. The van der Waals surface area contributed by atoms with Crippen molar-refractivity contribution in [3.05, 3.63) is 106 Å². The molecule has 0 bridgehead atoms. The zero-order chi connectivity index (χ0) is 43.5. The lowest BCUT2D eigenvalue weighted by Gasteiger charge is -2.34. The summed E-state index contributed by atoms with van der Waals surface area (Å²) in [7, 11) is 0. The summed E-state index contributed by atoms with van der Waals surface area (Å²) in [6.07, 6.45) is 0.126. The van der Waals surface area contributed by atoms with Gasteiger partial charge in [-0.2, -0.15) is 32.7 Å². The standard InChI is InChI=1S/C20H25ClN4O3.C16H17ClN4O3.C2HF3O2/c1-20(2,3)28-18(26)16-12-22-25(14-16)19(27)24-10-8-23(9-11-24)13-15-4-6-17(21)7-5-15;17-14-3-1-12(2-4-14)10-19-5-7-20(8-6-19)16(24)21-11-13(9-18-21)15(22)23;3-2(4,5)1(6)7/h4-7,12,14H,8-11,13H2,1-3H3;1-4,9,11H,5-8,10H2,(H,22,23);(H,6,7). The van der Waals surface area contributed by atoms with Gasteiger partial charge in [0.1, 0.15) is 5.60 Å². The van der Waals surface area contributed by atoms with Crippen LogP contribution in [0.25, 0.3) is 0 Å². The Kier molecular flexibility index (Phi) is 16.0. The number of benzene rings is 2. The number of hydrogen-bond donors (Lipinski definition) is 2. The highest BCUT2D eigenvalue weighted by molar-refractivity contribution is 6.30. The number of hydrogen-bond acceptors (Lipinski definition) is 10. The number of carbonyl (C=O) groups is 5. The van der Waals surface area contributed by atoms with E-state index in [1.807, 2.05) is 48.5 Å². The van der Waals surface area contributed by atoms with E-state index >= 15 is 0 Å². The molecule has 2 aliphatic heterocycles. The second-order valence-electron chi connectivity index (χ2n) is 14.3. The highest BCUT2D eigenvalue weighted by Gasteiger charge is 2.38. The Hall–Kier alpha value is -5.50. The summed E-state index contributed by atoms with van der Waals surface area (Å²) in [4.78, 5) is 64.8. The minimum Gasteiger partial charge on any atom is -0.478 e. The molecule has 2 aromatic carbocycles. The van der Waals surface area contributed by atoms with Crippen molar-refractivity contribution in [3.63, 3.8) is 0 Å². The number of carboxylic acids is 2. The highest BCUT2D eigenvalue weighted by atomic mass is 35.5. The van der Waals surface area contributed by atoms with Crippen LogP contribution in [0.2, 0.25) is 10.0 Å². The second-order valence-corrected chi connectivity index (χ2v) is 15.2. The molecule has 318 valence electrons. The number of piperazine rings is 2. The maximum atomic E-state index is 12.7. The van der Waals surface area contributed by atoms with Gasteiger partial charge in [0.25, 0.3) is 0 Å². The molecule has 0 spiro atoms. The summed E-state index contributed by atoms with van der Waals surface area (Å²) in [5.74, 6) is -4.34. The molecule has 4 aromatic rings. The highest BCUT2D eigenvalue weighted by Crippen LogP contribution is 2.17. The molecule has 59 heavy (non-hydrogen) atoms. The molecule has 0 saturated carbocycles. The number of halogens is 5. The van der Waals surface area contributed by atoms with Crippen LogP contribution < -0.4 is 0 Å². The topological polar surface area (TPSA) is 184 Å². The Labute approximate surface area is 347 Å². The van der Waals surface area contributed by atoms with Crippen LogP contribution in [0, 0.1) is 0 Å². The van der Waals surface area contributed by atoms with E-state index in [1.165, 1.54) is 40.6 Å². The third-order valence-electron chi connectivity index (χ3n) is 8.61. The van der Waals surface area contributed by atoms with E-state index in [4.69, 9.17) is 42.9 Å². The number of amides is 2. The molecule has 0 unspecified atom stereocenters. The van der Waals surface area contributed by atoms with E-state index in [0.29, 0.717) is 31.2 Å². The molecule has 2 aliphatic rings. The summed E-state index contributed by atoms with van der Waals surface area (Å²) in [6, 6.07) is 15.0. The normalized spacial score (nSPS) is 15.0. The lowest BCUT2D eigenvalue weighted by molar-refractivity contribution is -0.192. The van der Waals surface area contributed by atoms with Crippen LogP contribution in [0.1, 0.15) is 52.6 Å². The molecule has 2 fully saturated rings. The van der Waals surface area contributed by atoms with E-state index in [9.17, 15) is 32.3 Å². The smallest absolute Gasteiger partial charge is 0.478 e. The fourth-order valence-electron chi connectivity index (χ4n) is 5.59. The van der Waals surface area contributed by atoms with Gasteiger partial charge in [0, 0.05) is 75.5 Å². The molecule has 0 radical (unpaired) electrons. The van der Waals surface area contributed by atoms with Crippen molar-refractivity contribution >= 4 is 53.2 Å². The number of esters is 1. The summed E-state index contributed by atoms with van der Waals surface area (Å²) in [5.41, 5.74) is 2.05. The fraction of sp³-hybridized carbons (Fsp3) is 0.395. The van der Waals surface area contributed by atoms with Crippen LogP contribution in [0.3, 0.4) is 0 Å². The predicted octanol–water partition coefficient (Wildman–Crippen LogP) is 5.93. The quantitative estimate of drug-likeness (QED) is 0.218. The molecule has 2 amide bonds. The number of aliphatic carboxylic acids is 1. The molecular formula is C38H43Cl2F3N8O8. The first-order chi connectivity index (χ1) is 27.7. The van der Waals surface area contributed by atoms with Gasteiger partial charge in [-0.3, -0.25) is 9.80 Å². The van der Waals surface area contributed by atoms with Crippen molar-refractivity contribution in [2.75, 3.05) is 52.4 Å². The summed E-state index contributed by atoms with van der Waals surface area (Å²) < 4.78 is 39.3. The maximum Gasteiger partial charge on any atom is 0.490 e. The first-order valence-corrected chi connectivity index (χ1v) is 18.8. The molecule has 21 heteroatoms. The first-order valence-electron chi connectivity index (χ1n) is 18.1. The SMILES string of the molecule is CC(C)(C)OC(=O)c1cnn(C(=O)N2CCN(Cc3ccc(Cl)cc3)CC2)c1.O=C(O)C(F)(F)F.O=C(O)c1cnn(C(=O)N2CCN(Cc3ccc(Cl)cc3)CC2)c1. The van der Waals surface area contributed by atoms with Gasteiger partial charge in [0.15, 0.2) is 0 Å². The molecule has 2 aromatic heterocycles. The minimum absolute atomic E-state index is 0.00437. The van der Waals surface area contributed by atoms with E-state index in [2.05, 4.69) is 20.0 Å². The number of aromatic carboxylic acids is 1. The summed E-state index contributed by atoms with van der Waals surface area (Å²) >= 11 is 11.8. The average molecular weight is 868 g/mol. The van der Waals surface area contributed by atoms with Crippen molar-refractivity contribution in [1.82, 2.24) is 39.2 Å². The third-order valence-corrected chi connectivity index (χ3v) is 9.11. The number of carboxylic acid groups (broad SMARTS) is 2. The zero-order valence-electron chi connectivity index (χ0n) is 32.3. The van der Waals surface area contributed by atoms with E-state index < -0.39 is 29.7 Å².